The normalized spacial score (nSPS) is 18.7. The Morgan fingerprint density at radius 3 is 1.95 bits per heavy atom. The van der Waals surface area contributed by atoms with Crippen LogP contribution in [0.4, 0.5) is 0 Å². The Kier molecular flexibility index (Phi) is 14.5. The van der Waals surface area contributed by atoms with Gasteiger partial charge in [0.25, 0.3) is 0 Å². The van der Waals surface area contributed by atoms with E-state index < -0.39 is 79.1 Å². The van der Waals surface area contributed by atoms with E-state index in [0.29, 0.717) is 13.0 Å². The lowest BCUT2D eigenvalue weighted by atomic mass is 9.99. The Hall–Kier alpha value is -3.30. The van der Waals surface area contributed by atoms with Gasteiger partial charge in [-0.2, -0.15) is 0 Å². The molecule has 0 aromatic rings. The number of rotatable bonds is 16. The van der Waals surface area contributed by atoms with E-state index in [1.807, 2.05) is 19.2 Å². The smallest absolute Gasteiger partial charge is 0.328 e. The predicted octanol–water partition coefficient (Wildman–Crippen LogP) is -3.05. The van der Waals surface area contributed by atoms with Crippen molar-refractivity contribution >= 4 is 35.5 Å². The zero-order valence-corrected chi connectivity index (χ0v) is 23.7. The first-order valence-corrected chi connectivity index (χ1v) is 13.4. The van der Waals surface area contributed by atoms with E-state index in [0.717, 1.165) is 6.42 Å². The Balaban J connectivity index is 2.83. The third-order valence-corrected chi connectivity index (χ3v) is 6.27. The van der Waals surface area contributed by atoms with Gasteiger partial charge in [0, 0.05) is 0 Å². The zero-order chi connectivity index (χ0) is 30.6. The number of aliphatic hydroxyl groups excluding tert-OH is 2. The molecule has 228 valence electrons. The van der Waals surface area contributed by atoms with E-state index in [1.54, 1.807) is 13.8 Å². The third kappa shape index (κ3) is 11.4. The van der Waals surface area contributed by atoms with E-state index in [-0.39, 0.29) is 24.2 Å². The maximum atomic E-state index is 13.1. The number of aliphatic carboxylic acids is 1. The van der Waals surface area contributed by atoms with Crippen LogP contribution in [0.1, 0.15) is 53.9 Å². The van der Waals surface area contributed by atoms with Crippen molar-refractivity contribution in [2.24, 2.45) is 11.8 Å². The van der Waals surface area contributed by atoms with Crippen LogP contribution < -0.4 is 31.9 Å². The summed E-state index contributed by atoms with van der Waals surface area (Å²) in [6, 6.07) is -5.47. The summed E-state index contributed by atoms with van der Waals surface area (Å²) in [4.78, 5) is 74.4. The number of hydrogen-bond acceptors (Lipinski definition) is 9. The second-order valence-corrected chi connectivity index (χ2v) is 10.7. The van der Waals surface area contributed by atoms with Crippen molar-refractivity contribution < 1.29 is 44.1 Å². The standard InChI is InChI=1S/C25H44N6O9/c1-12(2)9-16(28-24(38)19(13(3)4)31-22(36)15-7-6-8-26-15)23(37)29-17(11-32)21(35)27-10-18(34)30-20(14(5)33)25(39)40/h12-17,19-20,26,32-33H,6-11H2,1-5H3,(H,27,35)(H,28,38)(H,29,37)(H,30,34)(H,31,36)(H,39,40)/t14-,15+,16+,17+,19+,20+/m1/s1. The number of carboxylic acids is 1. The molecule has 6 atom stereocenters. The molecule has 0 unspecified atom stereocenters. The molecule has 0 aliphatic carbocycles. The third-order valence-electron chi connectivity index (χ3n) is 6.27. The van der Waals surface area contributed by atoms with Crippen LogP contribution in [0.25, 0.3) is 0 Å². The molecular weight excluding hydrogens is 528 g/mol. The highest BCUT2D eigenvalue weighted by molar-refractivity contribution is 5.95. The van der Waals surface area contributed by atoms with Crippen molar-refractivity contribution in [1.82, 2.24) is 31.9 Å². The van der Waals surface area contributed by atoms with Crippen LogP contribution in [0.2, 0.25) is 0 Å². The number of aliphatic hydroxyl groups is 2. The fraction of sp³-hybridized carbons (Fsp3) is 0.760. The lowest BCUT2D eigenvalue weighted by Crippen LogP contribution is -2.59. The maximum absolute atomic E-state index is 13.1. The van der Waals surface area contributed by atoms with Crippen LogP contribution in [-0.2, 0) is 28.8 Å². The first-order chi connectivity index (χ1) is 18.7. The average Bonchev–Trinajstić information content (AvgIpc) is 3.41. The summed E-state index contributed by atoms with van der Waals surface area (Å²) >= 11 is 0. The minimum atomic E-state index is -1.59. The second kappa shape index (κ2) is 16.7. The molecule has 15 nitrogen and oxygen atoms in total. The molecule has 0 radical (unpaired) electrons. The topological polar surface area (TPSA) is 235 Å². The number of carboxylic acid groups (broad SMARTS) is 1. The first kappa shape index (κ1) is 34.7. The molecule has 15 heteroatoms. The Bertz CT molecular complexity index is 905. The molecule has 0 aromatic heterocycles. The van der Waals surface area contributed by atoms with E-state index >= 15 is 0 Å². The maximum Gasteiger partial charge on any atom is 0.328 e. The van der Waals surface area contributed by atoms with Crippen LogP contribution in [0.3, 0.4) is 0 Å². The van der Waals surface area contributed by atoms with Crippen molar-refractivity contribution in [3.63, 3.8) is 0 Å². The summed E-state index contributed by atoms with van der Waals surface area (Å²) < 4.78 is 0. The number of hydrogen-bond donors (Lipinski definition) is 9. The molecule has 1 aliphatic rings. The van der Waals surface area contributed by atoms with Gasteiger partial charge in [-0.3, -0.25) is 24.0 Å². The van der Waals surface area contributed by atoms with Crippen LogP contribution in [0, 0.1) is 11.8 Å². The summed E-state index contributed by atoms with van der Waals surface area (Å²) in [6.07, 6.45) is 0.308. The molecule has 0 aromatic carbocycles. The molecular formula is C25H44N6O9. The van der Waals surface area contributed by atoms with Crippen molar-refractivity contribution in [2.45, 2.75) is 90.2 Å². The number of carbonyl (C=O) groups is 6. The zero-order valence-electron chi connectivity index (χ0n) is 23.7. The molecule has 0 bridgehead atoms. The molecule has 40 heavy (non-hydrogen) atoms. The quantitative estimate of drug-likeness (QED) is 0.0906. The van der Waals surface area contributed by atoms with Crippen LogP contribution in [0.15, 0.2) is 0 Å². The van der Waals surface area contributed by atoms with Gasteiger partial charge in [0.15, 0.2) is 6.04 Å². The van der Waals surface area contributed by atoms with Gasteiger partial charge in [-0.1, -0.05) is 27.7 Å². The van der Waals surface area contributed by atoms with Gasteiger partial charge in [0.1, 0.15) is 18.1 Å². The van der Waals surface area contributed by atoms with Gasteiger partial charge in [-0.25, -0.2) is 4.79 Å². The highest BCUT2D eigenvalue weighted by Gasteiger charge is 2.33. The van der Waals surface area contributed by atoms with Crippen molar-refractivity contribution in [3.05, 3.63) is 0 Å². The molecule has 0 saturated carbocycles. The fourth-order valence-corrected chi connectivity index (χ4v) is 4.03. The highest BCUT2D eigenvalue weighted by atomic mass is 16.4. The summed E-state index contributed by atoms with van der Waals surface area (Å²) in [5, 5.41) is 43.2. The van der Waals surface area contributed by atoms with Crippen molar-refractivity contribution in [3.8, 4) is 0 Å². The summed E-state index contributed by atoms with van der Waals surface area (Å²) in [5.74, 6) is -5.29. The lowest BCUT2D eigenvalue weighted by Gasteiger charge is -2.27. The number of nitrogens with one attached hydrogen (secondary N) is 6. The van der Waals surface area contributed by atoms with E-state index in [2.05, 4.69) is 26.6 Å². The molecule has 1 rings (SSSR count). The van der Waals surface area contributed by atoms with Crippen molar-refractivity contribution in [2.75, 3.05) is 19.7 Å². The van der Waals surface area contributed by atoms with E-state index in [1.165, 1.54) is 6.92 Å². The summed E-state index contributed by atoms with van der Waals surface area (Å²) in [5.41, 5.74) is 0. The van der Waals surface area contributed by atoms with Crippen LogP contribution >= 0.6 is 0 Å². The minimum absolute atomic E-state index is 0.0490. The van der Waals surface area contributed by atoms with Gasteiger partial charge >= 0.3 is 5.97 Å². The molecule has 1 aliphatic heterocycles. The average molecular weight is 573 g/mol. The van der Waals surface area contributed by atoms with Gasteiger partial charge in [-0.15, -0.1) is 0 Å². The predicted molar refractivity (Wildman–Crippen MR) is 142 cm³/mol. The lowest BCUT2D eigenvalue weighted by molar-refractivity contribution is -0.144. The Morgan fingerprint density at radius 1 is 0.850 bits per heavy atom. The number of amides is 5. The van der Waals surface area contributed by atoms with E-state index in [9.17, 15) is 39.0 Å². The second-order valence-electron chi connectivity index (χ2n) is 10.7. The largest absolute Gasteiger partial charge is 0.480 e. The molecule has 1 fully saturated rings. The SMILES string of the molecule is CC(C)C[C@H](NC(=O)[C@@H](NC(=O)[C@@H]1CCCN1)C(C)C)C(=O)N[C@@H](CO)C(=O)NCC(=O)N[C@H](C(=O)O)[C@@H](C)O. The molecule has 0 spiro atoms. The molecule has 1 saturated heterocycles. The number of carbonyl (C=O) groups excluding carboxylic acids is 5. The van der Waals surface area contributed by atoms with Gasteiger partial charge in [-0.05, 0) is 44.6 Å². The van der Waals surface area contributed by atoms with Crippen LogP contribution in [-0.4, -0.2) is 107 Å². The van der Waals surface area contributed by atoms with Gasteiger partial charge in [0.05, 0.1) is 25.3 Å². The molecule has 1 heterocycles. The van der Waals surface area contributed by atoms with Crippen molar-refractivity contribution in [1.29, 1.82) is 0 Å². The van der Waals surface area contributed by atoms with Crippen LogP contribution in [0.5, 0.6) is 0 Å². The minimum Gasteiger partial charge on any atom is -0.480 e. The first-order valence-electron chi connectivity index (χ1n) is 13.4. The van der Waals surface area contributed by atoms with E-state index in [4.69, 9.17) is 5.11 Å². The fourth-order valence-electron chi connectivity index (χ4n) is 4.03. The molecule has 9 N–H and O–H groups in total. The monoisotopic (exact) mass is 572 g/mol. The molecule has 5 amide bonds. The Labute approximate surface area is 233 Å². The highest BCUT2D eigenvalue weighted by Crippen LogP contribution is 2.10. The van der Waals surface area contributed by atoms with Gasteiger partial charge in [0.2, 0.25) is 29.5 Å². The Morgan fingerprint density at radius 2 is 1.48 bits per heavy atom. The summed E-state index contributed by atoms with van der Waals surface area (Å²) in [7, 11) is 0. The summed E-state index contributed by atoms with van der Waals surface area (Å²) in [6.45, 7) is 7.54. The van der Waals surface area contributed by atoms with Gasteiger partial charge < -0.3 is 47.2 Å².